The maximum Gasteiger partial charge on any atom is 0.150 e. The number of nitrogens with zero attached hydrogens (tertiary/aromatic N) is 4. The Morgan fingerprint density at radius 2 is 1.78 bits per heavy atom. The van der Waals surface area contributed by atoms with Crippen LogP contribution in [0.3, 0.4) is 0 Å². The van der Waals surface area contributed by atoms with Crippen molar-refractivity contribution in [1.29, 1.82) is 21.0 Å². The first-order valence-corrected chi connectivity index (χ1v) is 7.51. The Hall–Kier alpha value is -2.96. The fourth-order valence-corrected chi connectivity index (χ4v) is 4.12. The minimum absolute atomic E-state index is 0.149. The minimum atomic E-state index is -1.36. The molecule has 0 aromatic carbocycles. The van der Waals surface area contributed by atoms with Crippen molar-refractivity contribution in [3.05, 3.63) is 22.5 Å². The molecular weight excluding hydrogens is 288 g/mol. The number of piperidine rings is 1. The Bertz CT molecular complexity index is 777. The molecule has 3 N–H and O–H groups in total. The average molecular weight is 306 g/mol. The smallest absolute Gasteiger partial charge is 0.150 e. The third-order valence-electron chi connectivity index (χ3n) is 5.63. The summed E-state index contributed by atoms with van der Waals surface area (Å²) in [4.78, 5) is 0. The van der Waals surface area contributed by atoms with Crippen molar-refractivity contribution in [2.75, 3.05) is 0 Å². The lowest BCUT2D eigenvalue weighted by atomic mass is 9.47. The van der Waals surface area contributed by atoms with Gasteiger partial charge in [-0.15, -0.1) is 0 Å². The summed E-state index contributed by atoms with van der Waals surface area (Å²) in [5.41, 5.74) is 4.28. The van der Waals surface area contributed by atoms with E-state index in [9.17, 15) is 21.0 Å². The lowest BCUT2D eigenvalue weighted by molar-refractivity contribution is 0.0447. The molecular formula is C17H18N6. The number of nitrogens with one attached hydrogen (secondary N) is 1. The van der Waals surface area contributed by atoms with Crippen molar-refractivity contribution in [2.24, 2.45) is 16.6 Å². The van der Waals surface area contributed by atoms with Gasteiger partial charge in [-0.1, -0.05) is 20.8 Å². The van der Waals surface area contributed by atoms with Crippen molar-refractivity contribution in [3.63, 3.8) is 0 Å². The van der Waals surface area contributed by atoms with Gasteiger partial charge in [0.2, 0.25) is 0 Å². The highest BCUT2D eigenvalue weighted by atomic mass is 15.1. The summed E-state index contributed by atoms with van der Waals surface area (Å²) in [5, 5.41) is 41.4. The van der Waals surface area contributed by atoms with Crippen molar-refractivity contribution >= 4 is 0 Å². The molecule has 2 bridgehead atoms. The Morgan fingerprint density at radius 3 is 2.17 bits per heavy atom. The summed E-state index contributed by atoms with van der Waals surface area (Å²) < 4.78 is 0. The van der Waals surface area contributed by atoms with Crippen molar-refractivity contribution in [3.8, 4) is 24.3 Å². The average Bonchev–Trinajstić information content (AvgIpc) is 2.56. The number of nitriles is 4. The summed E-state index contributed by atoms with van der Waals surface area (Å²) in [6, 6.07) is 8.12. The van der Waals surface area contributed by atoms with Gasteiger partial charge in [0.1, 0.15) is 17.6 Å². The van der Waals surface area contributed by atoms with Crippen LogP contribution in [-0.4, -0.2) is 5.54 Å². The maximum atomic E-state index is 10.0. The van der Waals surface area contributed by atoms with Gasteiger partial charge in [0.25, 0.3) is 0 Å². The molecule has 0 aromatic rings. The topological polar surface area (TPSA) is 133 Å². The molecule has 3 atom stereocenters. The Kier molecular flexibility index (Phi) is 3.60. The van der Waals surface area contributed by atoms with Gasteiger partial charge in [-0.2, -0.15) is 21.0 Å². The molecule has 0 saturated carbocycles. The molecule has 1 aliphatic carbocycles. The molecule has 3 aliphatic rings. The van der Waals surface area contributed by atoms with E-state index in [4.69, 9.17) is 5.73 Å². The van der Waals surface area contributed by atoms with E-state index in [0.717, 1.165) is 0 Å². The highest BCUT2D eigenvalue weighted by Gasteiger charge is 2.67. The Labute approximate surface area is 136 Å². The van der Waals surface area contributed by atoms with Crippen LogP contribution in [-0.2, 0) is 0 Å². The van der Waals surface area contributed by atoms with E-state index in [1.807, 2.05) is 32.9 Å². The molecule has 3 unspecified atom stereocenters. The van der Waals surface area contributed by atoms with Crippen LogP contribution in [0.4, 0.5) is 0 Å². The van der Waals surface area contributed by atoms with E-state index in [0.29, 0.717) is 24.8 Å². The molecule has 2 heterocycles. The monoisotopic (exact) mass is 306 g/mol. The van der Waals surface area contributed by atoms with Crippen LogP contribution in [0.2, 0.25) is 0 Å². The van der Waals surface area contributed by atoms with Crippen molar-refractivity contribution < 1.29 is 0 Å². The second-order valence-electron chi connectivity index (χ2n) is 6.39. The number of allylic oxidation sites excluding steroid dienone is 1. The molecule has 116 valence electrons. The molecule has 1 fully saturated rings. The molecule has 1 saturated heterocycles. The standard InChI is InChI=1S/C17H18N6/c1-4-15(3)9-16(5-2)12(8-20)13(22)17(15,10-21)14(23-16)11(6-18)7-19/h23H,4-5,9,22H2,1-3H3. The van der Waals surface area contributed by atoms with Crippen LogP contribution in [0.1, 0.15) is 40.0 Å². The maximum absolute atomic E-state index is 10.0. The molecule has 0 spiro atoms. The van der Waals surface area contributed by atoms with Crippen LogP contribution >= 0.6 is 0 Å². The van der Waals surface area contributed by atoms with E-state index in [1.165, 1.54) is 0 Å². The molecule has 3 rings (SSSR count). The Morgan fingerprint density at radius 1 is 1.17 bits per heavy atom. The van der Waals surface area contributed by atoms with E-state index in [2.05, 4.69) is 17.5 Å². The number of hydrogen-bond donors (Lipinski definition) is 2. The second-order valence-corrected chi connectivity index (χ2v) is 6.39. The first kappa shape index (κ1) is 16.4. The molecule has 23 heavy (non-hydrogen) atoms. The van der Waals surface area contributed by atoms with Crippen molar-refractivity contribution in [1.82, 2.24) is 5.32 Å². The predicted octanol–water partition coefficient (Wildman–Crippen LogP) is 2.11. The van der Waals surface area contributed by atoms with Gasteiger partial charge in [-0.3, -0.25) is 0 Å². The lowest BCUT2D eigenvalue weighted by Gasteiger charge is -2.61. The quantitative estimate of drug-likeness (QED) is 0.750. The summed E-state index contributed by atoms with van der Waals surface area (Å²) in [6.45, 7) is 5.82. The van der Waals surface area contributed by atoms with Gasteiger partial charge in [0.05, 0.1) is 34.6 Å². The van der Waals surface area contributed by atoms with Crippen LogP contribution in [0, 0.1) is 56.2 Å². The van der Waals surface area contributed by atoms with Gasteiger partial charge in [-0.25, -0.2) is 0 Å². The zero-order valence-corrected chi connectivity index (χ0v) is 13.5. The van der Waals surface area contributed by atoms with Crippen molar-refractivity contribution in [2.45, 2.75) is 45.6 Å². The predicted molar refractivity (Wildman–Crippen MR) is 82.3 cm³/mol. The first-order chi connectivity index (χ1) is 10.9. The molecule has 0 aromatic heterocycles. The highest BCUT2D eigenvalue weighted by molar-refractivity contribution is 5.61. The summed E-state index contributed by atoms with van der Waals surface area (Å²) in [7, 11) is 0. The van der Waals surface area contributed by atoms with Gasteiger partial charge in [-0.05, 0) is 24.7 Å². The third kappa shape index (κ3) is 1.64. The largest absolute Gasteiger partial charge is 0.400 e. The second kappa shape index (κ2) is 5.05. The van der Waals surface area contributed by atoms with E-state index in [1.54, 1.807) is 0 Å². The van der Waals surface area contributed by atoms with Crippen LogP contribution in [0.15, 0.2) is 22.5 Å². The van der Waals surface area contributed by atoms with Gasteiger partial charge in [0.15, 0.2) is 5.57 Å². The lowest BCUT2D eigenvalue weighted by Crippen LogP contribution is -2.68. The molecule has 0 amide bonds. The molecule has 6 heteroatoms. The first-order valence-electron chi connectivity index (χ1n) is 7.51. The normalized spacial score (nSPS) is 34.7. The highest BCUT2D eigenvalue weighted by Crippen LogP contribution is 2.64. The molecule has 2 aliphatic heterocycles. The molecule has 6 nitrogen and oxygen atoms in total. The van der Waals surface area contributed by atoms with E-state index >= 15 is 0 Å². The van der Waals surface area contributed by atoms with E-state index in [-0.39, 0.29) is 17.0 Å². The minimum Gasteiger partial charge on any atom is -0.400 e. The summed E-state index contributed by atoms with van der Waals surface area (Å²) >= 11 is 0. The number of hydrogen-bond acceptors (Lipinski definition) is 6. The fraction of sp³-hybridized carbons (Fsp3) is 0.529. The Balaban J connectivity index is 3.05. The summed E-state index contributed by atoms with van der Waals surface area (Å²) in [5.74, 6) is 0. The number of rotatable bonds is 2. The van der Waals surface area contributed by atoms with Crippen LogP contribution in [0.5, 0.6) is 0 Å². The zero-order valence-electron chi connectivity index (χ0n) is 13.5. The summed E-state index contributed by atoms with van der Waals surface area (Å²) in [6.07, 6.45) is 1.76. The number of nitrogens with two attached hydrogens (primary N) is 1. The zero-order chi connectivity index (χ0) is 17.5. The van der Waals surface area contributed by atoms with Gasteiger partial charge in [0, 0.05) is 0 Å². The van der Waals surface area contributed by atoms with E-state index < -0.39 is 16.4 Å². The van der Waals surface area contributed by atoms with Crippen LogP contribution in [0.25, 0.3) is 0 Å². The third-order valence-corrected chi connectivity index (χ3v) is 5.63. The SMILES string of the molecule is CCC12CC(C)(CC)C(C#N)(C(N)=C1C#N)C(=C(C#N)C#N)N2. The van der Waals surface area contributed by atoms with Crippen LogP contribution < -0.4 is 11.1 Å². The van der Waals surface area contributed by atoms with Gasteiger partial charge < -0.3 is 11.1 Å². The fourth-order valence-electron chi connectivity index (χ4n) is 4.12. The van der Waals surface area contributed by atoms with Gasteiger partial charge >= 0.3 is 0 Å². The number of fused-ring (bicyclic) bond motifs is 2. The molecule has 0 radical (unpaired) electrons.